The average Bonchev–Trinajstić information content (AvgIpc) is 0.972. The summed E-state index contributed by atoms with van der Waals surface area (Å²) in [4.78, 5) is 62.3. The number of likely N-dealkylation sites (N-methyl/N-ethyl adjacent to an activating group) is 1. The van der Waals surface area contributed by atoms with E-state index in [0.717, 1.165) is 20.6 Å². The van der Waals surface area contributed by atoms with Crippen LogP contribution < -0.4 is 19.7 Å². The molecule has 0 saturated carbocycles. The molecule has 482 valence electrons. The first-order valence-electron chi connectivity index (χ1n) is 28.4. The molecule has 1 amide bonds. The number of rotatable bonds is 19. The molecule has 6 aliphatic rings. The Bertz CT molecular complexity index is 2930. The van der Waals surface area contributed by atoms with Crippen molar-refractivity contribution in [2.24, 2.45) is 17.8 Å². The number of methoxy groups -OCH3 is 3. The van der Waals surface area contributed by atoms with Crippen molar-refractivity contribution in [3.63, 3.8) is 0 Å². The number of thioether (sulfide) groups is 1. The molecule has 23 nitrogen and oxygen atoms in total. The predicted octanol–water partition coefficient (Wildman–Crippen LogP) is 2.30. The fourth-order valence-corrected chi connectivity index (χ4v) is 13.8. The molecule has 4 fully saturated rings. The molecular weight excluding hydrogens is 1330 g/mol. The van der Waals surface area contributed by atoms with E-state index < -0.39 is 150 Å². The Morgan fingerprint density at radius 1 is 0.908 bits per heavy atom. The number of nitrogens with one attached hydrogen (secondary N) is 1. The maximum absolute atomic E-state index is 14.4. The number of Topliss-reactive ketones (excluding diaryl/α,β-unsaturated/α-hetero) is 1. The van der Waals surface area contributed by atoms with E-state index in [4.69, 9.17) is 47.5 Å². The fourth-order valence-electron chi connectivity index (χ4n) is 12.1. The largest absolute Gasteiger partial charge is 0.492 e. The summed E-state index contributed by atoms with van der Waals surface area (Å²) in [5.74, 6) is 7.54. The molecule has 1 aromatic rings. The van der Waals surface area contributed by atoms with E-state index in [-0.39, 0.29) is 71.5 Å². The number of amides is 1. The number of nitrogens with zero attached hydrogens (tertiary/aromatic N) is 1. The molecule has 7 rings (SSSR count). The molecule has 1 aromatic carbocycles. The van der Waals surface area contributed by atoms with Crippen LogP contribution in [0.3, 0.4) is 0 Å². The number of aliphatic hydroxyl groups is 7. The minimum Gasteiger partial charge on any atom is -0.492 e. The van der Waals surface area contributed by atoms with Crippen LogP contribution in [-0.4, -0.2) is 207 Å². The third-order valence-corrected chi connectivity index (χ3v) is 19.2. The molecule has 19 atom stereocenters. The Hall–Kier alpha value is -3.58. The maximum atomic E-state index is 14.4. The second kappa shape index (κ2) is 32.1. The molecular formula is C59H79IN2O21S4. The van der Waals surface area contributed by atoms with Crippen LogP contribution in [-0.2, 0) is 78.9 Å². The van der Waals surface area contributed by atoms with Crippen molar-refractivity contribution >= 4 is 88.4 Å². The molecule has 0 aromatic heterocycles. The second-order valence-corrected chi connectivity index (χ2v) is 26.0. The molecule has 0 radical (unpaired) electrons. The van der Waals surface area contributed by atoms with Crippen LogP contribution >= 0.6 is 34.4 Å². The first-order valence-corrected chi connectivity index (χ1v) is 33.0. The van der Waals surface area contributed by atoms with Gasteiger partial charge in [-0.15, -0.1) is 0 Å². The molecule has 2 bridgehead atoms. The highest BCUT2D eigenvalue weighted by Crippen LogP contribution is 2.50. The number of halogens is 1. The zero-order valence-electron chi connectivity index (χ0n) is 50.2. The number of fused-ring (bicyclic) bond motifs is 2. The smallest absolute Gasteiger partial charge is 0.310 e. The van der Waals surface area contributed by atoms with Crippen LogP contribution in [0.25, 0.3) is 0 Å². The third kappa shape index (κ3) is 16.0. The van der Waals surface area contributed by atoms with Gasteiger partial charge in [0.2, 0.25) is 23.1 Å². The van der Waals surface area contributed by atoms with E-state index in [1.54, 1.807) is 45.6 Å². The van der Waals surface area contributed by atoms with Crippen molar-refractivity contribution in [2.75, 3.05) is 47.7 Å². The number of aliphatic hydroxyl groups excluding tert-OH is 6. The Labute approximate surface area is 537 Å². The van der Waals surface area contributed by atoms with E-state index >= 15 is 0 Å². The lowest BCUT2D eigenvalue weighted by molar-refractivity contribution is -0.314. The van der Waals surface area contributed by atoms with Gasteiger partial charge in [0.1, 0.15) is 6.10 Å². The van der Waals surface area contributed by atoms with Gasteiger partial charge < -0.3 is 83.3 Å². The molecule has 8 N–H and O–H groups in total. The van der Waals surface area contributed by atoms with Crippen molar-refractivity contribution in [1.29, 1.82) is 0 Å². The zero-order valence-corrected chi connectivity index (χ0v) is 55.6. The summed E-state index contributed by atoms with van der Waals surface area (Å²) in [6, 6.07) is -1.60. The predicted molar refractivity (Wildman–Crippen MR) is 332 cm³/mol. The summed E-state index contributed by atoms with van der Waals surface area (Å²) < 4.78 is 55.5. The summed E-state index contributed by atoms with van der Waals surface area (Å²) in [7, 11) is 4.79. The molecule has 2 aliphatic carbocycles. The van der Waals surface area contributed by atoms with Gasteiger partial charge in [-0.25, -0.2) is 0 Å². The van der Waals surface area contributed by atoms with E-state index in [9.17, 15) is 54.9 Å². The number of carbonyl (C=O) groups excluding carboxylic acids is 4. The van der Waals surface area contributed by atoms with Gasteiger partial charge in [-0.05, 0) is 100 Å². The minimum atomic E-state index is -2.03. The van der Waals surface area contributed by atoms with Gasteiger partial charge in [0.25, 0.3) is 0 Å². The van der Waals surface area contributed by atoms with Crippen LogP contribution in [0.2, 0.25) is 0 Å². The Kier molecular flexibility index (Phi) is 26.8. The summed E-state index contributed by atoms with van der Waals surface area (Å²) in [5, 5.41) is 77.8. The van der Waals surface area contributed by atoms with Crippen molar-refractivity contribution in [2.45, 2.75) is 184 Å². The third-order valence-electron chi connectivity index (χ3n) is 16.5. The van der Waals surface area contributed by atoms with Gasteiger partial charge in [0.15, 0.2) is 41.1 Å². The van der Waals surface area contributed by atoms with E-state index in [2.05, 4.69) is 51.5 Å². The second-order valence-electron chi connectivity index (χ2n) is 22.0. The van der Waals surface area contributed by atoms with Crippen molar-refractivity contribution in [3.8, 4) is 40.9 Å². The monoisotopic (exact) mass is 1410 g/mol. The van der Waals surface area contributed by atoms with Gasteiger partial charge in [-0.2, -0.15) is 5.48 Å². The highest BCUT2D eigenvalue weighted by molar-refractivity contribution is 14.1. The van der Waals surface area contributed by atoms with Gasteiger partial charge in [-0.1, -0.05) is 48.4 Å². The highest BCUT2D eigenvalue weighted by Gasteiger charge is 2.56. The summed E-state index contributed by atoms with van der Waals surface area (Å²) in [5.41, 5.74) is -0.210. The quantitative estimate of drug-likeness (QED) is 0.0426. The van der Waals surface area contributed by atoms with Crippen molar-refractivity contribution in [3.05, 3.63) is 49.6 Å². The van der Waals surface area contributed by atoms with E-state index in [1.165, 1.54) is 40.4 Å². The van der Waals surface area contributed by atoms with Gasteiger partial charge in [0.05, 0.1) is 122 Å². The molecule has 0 spiro atoms. The first kappa shape index (κ1) is 72.5. The molecule has 4 heterocycles. The summed E-state index contributed by atoms with van der Waals surface area (Å²) in [6.45, 7) is 12.6. The molecule has 4 aliphatic heterocycles. The molecule has 17 unspecified atom stereocenters. The molecule has 28 heteroatoms. The Balaban J connectivity index is 0.00000395. The topological polar surface area (TPSA) is 317 Å². The average molecular weight is 1410 g/mol. The molecule has 87 heavy (non-hydrogen) atoms. The maximum Gasteiger partial charge on any atom is 0.310 e. The number of ketones is 1. The Morgan fingerprint density at radius 2 is 1.56 bits per heavy atom. The van der Waals surface area contributed by atoms with E-state index in [1.807, 2.05) is 36.4 Å². The zero-order chi connectivity index (χ0) is 64.4. The molecule has 4 saturated heterocycles. The highest BCUT2D eigenvalue weighted by atomic mass is 127. The van der Waals surface area contributed by atoms with Crippen molar-refractivity contribution < 1.29 is 102 Å². The van der Waals surface area contributed by atoms with Gasteiger partial charge in [-0.3, -0.25) is 24.0 Å². The Morgan fingerprint density at radius 3 is 2.15 bits per heavy atom. The lowest BCUT2D eigenvalue weighted by Crippen LogP contribution is -2.65. The van der Waals surface area contributed by atoms with Gasteiger partial charge >= 0.3 is 5.97 Å². The SMILES string of the molecule is CC/C=C1\C2=C(CC(=O)OC)C(=O)C[C@]1(O)C#C/C=C\C#C[C@]2(C)OC1OC(C)C(NOC2CC(O)C(SC(=O)c3c(C)c(I)c(OC4OC(C)C(O)C(CO)C4O)c(OC)c3OC)C(C)O2)C(O)C1C1CC(CO)C(N(CC)C(C)=O)CO1.S=S=S. The van der Waals surface area contributed by atoms with Crippen LogP contribution in [0, 0.1) is 51.9 Å². The van der Waals surface area contributed by atoms with Gasteiger partial charge in [0, 0.05) is 80.7 Å². The van der Waals surface area contributed by atoms with E-state index in [0.29, 0.717) is 22.1 Å². The number of carbonyl (C=O) groups is 4. The number of esters is 1. The minimum absolute atomic E-state index is 0.00118. The lowest BCUT2D eigenvalue weighted by Gasteiger charge is -2.51. The van der Waals surface area contributed by atoms with Crippen LogP contribution in [0.4, 0.5) is 0 Å². The lowest BCUT2D eigenvalue weighted by atomic mass is 9.69. The first-order chi connectivity index (χ1) is 41.3. The normalized spacial score (nSPS) is 35.6. The van der Waals surface area contributed by atoms with Crippen molar-refractivity contribution in [1.82, 2.24) is 10.4 Å². The summed E-state index contributed by atoms with van der Waals surface area (Å²) in [6.07, 6.45) is -8.80. The number of hydrogen-bond acceptors (Lipinski definition) is 25. The fraction of sp³-hybridized carbons (Fsp3) is 0.661. The number of hydroxylamine groups is 1. The van der Waals surface area contributed by atoms with Crippen LogP contribution in [0.15, 0.2) is 34.9 Å². The standard InChI is InChI=1S/C59H79IN2O21S.S3/c1-12-18-36-45-34(22-41(68)74-9)39(67)24-59(36,73)20-17-15-14-16-19-58(45,8)82-56-44(40-21-33(25-63)37(27-77-40)62(13-2)32(7)65)50(71)47(29(4)79-56)61-83-42-23-38(66)54(31(6)78-42)84-55(72)43-28(3)46(60)52(53(76-11)51(43)75-10)81-57-49(70)35(26-64)48(69)30(5)80-57;1-3-2/h14-15,18,29-31,33,35,37-38,40,42,44,47-50,54,56-57,61,63-64,66,69-71,73H,12-13,21-27H2,1-11H3;/b15-14-,36-18+;/t29?,30?,31?,33?,35?,37?,38?,40?,42?,44?,47?,48?,49?,50?,54?,56?,57?,58-,59+;/m0./s1. The van der Waals surface area contributed by atoms with Crippen LogP contribution in [0.1, 0.15) is 96.5 Å². The number of ether oxygens (including phenoxy) is 9. The number of hydrogen-bond donors (Lipinski definition) is 8. The van der Waals surface area contributed by atoms with Crippen LogP contribution in [0.5, 0.6) is 17.2 Å². The number of allylic oxidation sites excluding steroid dienone is 3. The summed E-state index contributed by atoms with van der Waals surface area (Å²) >= 11 is 11.0. The number of benzene rings is 1.